The molecule has 0 radical (unpaired) electrons. The highest BCUT2D eigenvalue weighted by atomic mass is 16.7. The third kappa shape index (κ3) is 5.42. The Morgan fingerprint density at radius 2 is 1.78 bits per heavy atom. The highest BCUT2D eigenvalue weighted by Crippen LogP contribution is 2.31. The summed E-state index contributed by atoms with van der Waals surface area (Å²) in [7, 11) is 3.30. The van der Waals surface area contributed by atoms with Crippen molar-refractivity contribution in [3.63, 3.8) is 0 Å². The fourth-order valence-corrected chi connectivity index (χ4v) is 4.21. The molecule has 4 rings (SSSR count). The summed E-state index contributed by atoms with van der Waals surface area (Å²) in [6.45, 7) is 4.77. The number of nitrogens with one attached hydrogen (secondary N) is 1. The van der Waals surface area contributed by atoms with E-state index in [1.807, 2.05) is 35.9 Å². The van der Waals surface area contributed by atoms with E-state index in [1.54, 1.807) is 14.2 Å². The van der Waals surface area contributed by atoms with Crippen molar-refractivity contribution in [1.82, 2.24) is 35.4 Å². The number of methoxy groups -OCH3 is 2. The van der Waals surface area contributed by atoms with Crippen molar-refractivity contribution >= 4 is 0 Å². The minimum Gasteiger partial charge on any atom is -0.347 e. The first-order valence-corrected chi connectivity index (χ1v) is 12.2. The molecule has 0 amide bonds. The van der Waals surface area contributed by atoms with E-state index in [0.29, 0.717) is 31.0 Å². The number of unbranched alkanes of at least 4 members (excludes halogenated alkanes) is 1. The summed E-state index contributed by atoms with van der Waals surface area (Å²) in [5, 5.41) is 19.1. The summed E-state index contributed by atoms with van der Waals surface area (Å²) in [5.41, 5.74) is 4.22. The van der Waals surface area contributed by atoms with E-state index < -0.39 is 5.79 Å². The zero-order valence-corrected chi connectivity index (χ0v) is 21.3. The largest absolute Gasteiger partial charge is 0.347 e. The lowest BCUT2D eigenvalue weighted by Gasteiger charge is -2.27. The van der Waals surface area contributed by atoms with Crippen LogP contribution in [0.1, 0.15) is 50.3 Å². The van der Waals surface area contributed by atoms with Gasteiger partial charge < -0.3 is 9.47 Å². The summed E-state index contributed by atoms with van der Waals surface area (Å²) in [6, 6.07) is 16.5. The van der Waals surface area contributed by atoms with E-state index in [2.05, 4.69) is 64.0 Å². The number of nitrogens with zero attached hydrogens (tertiary/aromatic N) is 6. The molecular weight excluding hydrogens is 454 g/mol. The van der Waals surface area contributed by atoms with Gasteiger partial charge in [0, 0.05) is 32.6 Å². The van der Waals surface area contributed by atoms with Crippen molar-refractivity contribution in [2.24, 2.45) is 0 Å². The van der Waals surface area contributed by atoms with Crippen molar-refractivity contribution in [3.05, 3.63) is 77.9 Å². The number of hydrogen-bond acceptors (Lipinski definition) is 7. The second-order valence-corrected chi connectivity index (χ2v) is 8.54. The highest BCUT2D eigenvalue weighted by molar-refractivity contribution is 5.80. The molecule has 0 unspecified atom stereocenters. The maximum atomic E-state index is 5.81. The molecule has 2 aromatic heterocycles. The van der Waals surface area contributed by atoms with Gasteiger partial charge in [0.2, 0.25) is 11.6 Å². The molecule has 2 heterocycles. The number of ether oxygens (including phenoxy) is 2. The van der Waals surface area contributed by atoms with Crippen LogP contribution in [0.5, 0.6) is 0 Å². The van der Waals surface area contributed by atoms with Gasteiger partial charge in [-0.3, -0.25) is 0 Å². The minimum atomic E-state index is -0.949. The number of aromatic nitrogens is 7. The molecule has 0 aliphatic heterocycles. The van der Waals surface area contributed by atoms with Crippen LogP contribution < -0.4 is 0 Å². The molecular formula is C27H33N7O2. The van der Waals surface area contributed by atoms with Crippen LogP contribution in [0.4, 0.5) is 0 Å². The summed E-state index contributed by atoms with van der Waals surface area (Å²) in [6.07, 6.45) is 7.39. The van der Waals surface area contributed by atoms with E-state index >= 15 is 0 Å². The van der Waals surface area contributed by atoms with Gasteiger partial charge in [-0.25, -0.2) is 14.8 Å². The van der Waals surface area contributed by atoms with Gasteiger partial charge in [0.1, 0.15) is 5.82 Å². The van der Waals surface area contributed by atoms with Crippen LogP contribution >= 0.6 is 0 Å². The Labute approximate surface area is 211 Å². The van der Waals surface area contributed by atoms with E-state index in [4.69, 9.17) is 19.6 Å². The maximum Gasteiger partial charge on any atom is 0.231 e. The molecule has 0 aliphatic rings. The van der Waals surface area contributed by atoms with Gasteiger partial charge in [0.05, 0.1) is 6.54 Å². The number of hydrogen-bond donors (Lipinski definition) is 1. The Hall–Kier alpha value is -3.69. The molecule has 0 spiro atoms. The lowest BCUT2D eigenvalue weighted by molar-refractivity contribution is -0.226. The minimum absolute atomic E-state index is 0.562. The lowest BCUT2D eigenvalue weighted by Crippen LogP contribution is -2.32. The van der Waals surface area contributed by atoms with Crippen LogP contribution in [0, 0.1) is 0 Å². The monoisotopic (exact) mass is 487 g/mol. The normalized spacial score (nSPS) is 12.0. The average molecular weight is 488 g/mol. The van der Waals surface area contributed by atoms with Gasteiger partial charge in [0.25, 0.3) is 0 Å². The number of benzene rings is 2. The highest BCUT2D eigenvalue weighted by Gasteiger charge is 2.37. The predicted octanol–water partition coefficient (Wildman–Crippen LogP) is 4.93. The zero-order chi connectivity index (χ0) is 25.4. The van der Waals surface area contributed by atoms with E-state index in [1.165, 1.54) is 0 Å². The van der Waals surface area contributed by atoms with E-state index in [9.17, 15) is 0 Å². The Kier molecular flexibility index (Phi) is 8.35. The Balaban J connectivity index is 1.62. The molecule has 0 bridgehead atoms. The van der Waals surface area contributed by atoms with Gasteiger partial charge in [-0.1, -0.05) is 74.0 Å². The van der Waals surface area contributed by atoms with Crippen molar-refractivity contribution in [2.45, 2.75) is 51.9 Å². The van der Waals surface area contributed by atoms with Crippen molar-refractivity contribution < 1.29 is 9.47 Å². The average Bonchev–Trinajstić information content (AvgIpc) is 3.60. The molecule has 1 N–H and O–H groups in total. The van der Waals surface area contributed by atoms with Gasteiger partial charge in [-0.2, -0.15) is 0 Å². The number of allylic oxidation sites excluding steroid dienone is 2. The number of aromatic amines is 1. The fourth-order valence-electron chi connectivity index (χ4n) is 4.21. The lowest BCUT2D eigenvalue weighted by atomic mass is 9.98. The molecule has 0 fully saturated rings. The Bertz CT molecular complexity index is 1260. The van der Waals surface area contributed by atoms with Crippen molar-refractivity contribution in [3.8, 4) is 22.5 Å². The fraction of sp³-hybridized carbons (Fsp3) is 0.370. The number of rotatable bonds is 12. The molecule has 0 saturated heterocycles. The molecule has 2 aromatic carbocycles. The van der Waals surface area contributed by atoms with E-state index in [0.717, 1.165) is 40.9 Å². The maximum absolute atomic E-state index is 5.81. The quantitative estimate of drug-likeness (QED) is 0.223. The zero-order valence-electron chi connectivity index (χ0n) is 21.3. The molecule has 9 nitrogen and oxygen atoms in total. The number of tetrazole rings is 1. The Morgan fingerprint density at radius 3 is 2.42 bits per heavy atom. The summed E-state index contributed by atoms with van der Waals surface area (Å²) >= 11 is 0. The molecule has 0 atom stereocenters. The standard InChI is InChI=1S/C27H33N7O2/c1-5-7-17-27(35-3,36-4)26-28-24(34(31-26)18-8-6-2)19-20-13-15-21(16-14-20)22-11-9-10-12-23(22)25-29-32-33-30-25/h6,8-16H,5,7,17-19H2,1-4H3,(H,29,30,32,33). The number of H-pyrrole nitrogens is 1. The van der Waals surface area contributed by atoms with Crippen molar-refractivity contribution in [1.29, 1.82) is 0 Å². The van der Waals surface area contributed by atoms with Crippen LogP contribution in [-0.2, 0) is 28.2 Å². The molecule has 36 heavy (non-hydrogen) atoms. The predicted molar refractivity (Wildman–Crippen MR) is 138 cm³/mol. The first kappa shape index (κ1) is 25.4. The first-order valence-electron chi connectivity index (χ1n) is 12.2. The second kappa shape index (κ2) is 11.8. The van der Waals surface area contributed by atoms with Crippen molar-refractivity contribution in [2.75, 3.05) is 14.2 Å². The van der Waals surface area contributed by atoms with E-state index in [-0.39, 0.29) is 0 Å². The second-order valence-electron chi connectivity index (χ2n) is 8.54. The third-order valence-electron chi connectivity index (χ3n) is 6.28. The summed E-state index contributed by atoms with van der Waals surface area (Å²) < 4.78 is 13.5. The summed E-state index contributed by atoms with van der Waals surface area (Å²) in [4.78, 5) is 4.90. The topological polar surface area (TPSA) is 104 Å². The van der Waals surface area contributed by atoms with Crippen LogP contribution in [0.3, 0.4) is 0 Å². The van der Waals surface area contributed by atoms with Crippen LogP contribution in [0.2, 0.25) is 0 Å². The molecule has 188 valence electrons. The molecule has 0 aliphatic carbocycles. The van der Waals surface area contributed by atoms with Gasteiger partial charge in [-0.15, -0.1) is 10.2 Å². The molecule has 9 heteroatoms. The molecule has 4 aromatic rings. The SMILES string of the molecule is CC=CCn1nc(C(CCCC)(OC)OC)nc1Cc1ccc(-c2ccccc2-c2nnn[nH]2)cc1. The van der Waals surface area contributed by atoms with Crippen LogP contribution in [0.15, 0.2) is 60.7 Å². The third-order valence-corrected chi connectivity index (χ3v) is 6.28. The van der Waals surface area contributed by atoms with Gasteiger partial charge >= 0.3 is 0 Å². The van der Waals surface area contributed by atoms with Crippen LogP contribution in [0.25, 0.3) is 22.5 Å². The van der Waals surface area contributed by atoms with Gasteiger partial charge in [-0.05, 0) is 40.5 Å². The van der Waals surface area contributed by atoms with Crippen LogP contribution in [-0.4, -0.2) is 49.6 Å². The first-order chi connectivity index (χ1) is 17.6. The molecule has 0 saturated carbocycles. The van der Waals surface area contributed by atoms with Gasteiger partial charge in [0.15, 0.2) is 5.82 Å². The Morgan fingerprint density at radius 1 is 1.03 bits per heavy atom. The smallest absolute Gasteiger partial charge is 0.231 e. The summed E-state index contributed by atoms with van der Waals surface area (Å²) in [5.74, 6) is 1.11.